The van der Waals surface area contributed by atoms with E-state index < -0.39 is 17.4 Å². The van der Waals surface area contributed by atoms with Gasteiger partial charge in [0.15, 0.2) is 0 Å². The first kappa shape index (κ1) is 14.8. The Morgan fingerprint density at radius 3 is 2.37 bits per heavy atom. The Labute approximate surface area is 111 Å². The number of rotatable bonds is 5. The van der Waals surface area contributed by atoms with Gasteiger partial charge in [0.05, 0.1) is 0 Å². The van der Waals surface area contributed by atoms with E-state index in [1.165, 1.54) is 25.1 Å². The standard InChI is InChI=1S/C14H17NO4/c1-3-14(2,13(18)19)15-12(17)9-6-10-4-7-11(16)8-5-10/h4-9,16H,3H2,1-2H3,(H,15,17)(H,18,19). The van der Waals surface area contributed by atoms with E-state index in [1.807, 2.05) is 0 Å². The van der Waals surface area contributed by atoms with Gasteiger partial charge in [0.25, 0.3) is 0 Å². The van der Waals surface area contributed by atoms with Gasteiger partial charge in [-0.05, 0) is 37.1 Å². The minimum absolute atomic E-state index is 0.144. The summed E-state index contributed by atoms with van der Waals surface area (Å²) in [6.45, 7) is 3.15. The number of hydrogen-bond donors (Lipinski definition) is 3. The van der Waals surface area contributed by atoms with Gasteiger partial charge in [-0.1, -0.05) is 19.1 Å². The molecule has 0 saturated heterocycles. The van der Waals surface area contributed by atoms with Crippen LogP contribution in [0.4, 0.5) is 0 Å². The molecule has 0 fully saturated rings. The van der Waals surface area contributed by atoms with E-state index in [1.54, 1.807) is 25.1 Å². The zero-order valence-corrected chi connectivity index (χ0v) is 10.9. The maximum absolute atomic E-state index is 11.7. The summed E-state index contributed by atoms with van der Waals surface area (Å²) in [5, 5.41) is 20.6. The van der Waals surface area contributed by atoms with Gasteiger partial charge in [0.2, 0.25) is 5.91 Å². The lowest BCUT2D eigenvalue weighted by molar-refractivity contribution is -0.146. The molecule has 1 atom stereocenters. The van der Waals surface area contributed by atoms with Crippen LogP contribution < -0.4 is 5.32 Å². The summed E-state index contributed by atoms with van der Waals surface area (Å²) in [5.74, 6) is -1.40. The van der Waals surface area contributed by atoms with Crippen LogP contribution in [0.3, 0.4) is 0 Å². The minimum Gasteiger partial charge on any atom is -0.508 e. The summed E-state index contributed by atoms with van der Waals surface area (Å²) in [4.78, 5) is 22.7. The molecule has 0 aliphatic carbocycles. The van der Waals surface area contributed by atoms with Crippen molar-refractivity contribution >= 4 is 18.0 Å². The van der Waals surface area contributed by atoms with Crippen molar-refractivity contribution in [1.29, 1.82) is 0 Å². The summed E-state index contributed by atoms with van der Waals surface area (Å²) in [6.07, 6.45) is 3.11. The van der Waals surface area contributed by atoms with Crippen molar-refractivity contribution in [3.63, 3.8) is 0 Å². The maximum Gasteiger partial charge on any atom is 0.329 e. The highest BCUT2D eigenvalue weighted by molar-refractivity contribution is 5.95. The Morgan fingerprint density at radius 2 is 1.89 bits per heavy atom. The number of carbonyl (C=O) groups excluding carboxylic acids is 1. The van der Waals surface area contributed by atoms with Crippen LogP contribution in [0.25, 0.3) is 6.08 Å². The predicted octanol–water partition coefficient (Wildman–Crippen LogP) is 1.77. The molecule has 5 nitrogen and oxygen atoms in total. The highest BCUT2D eigenvalue weighted by atomic mass is 16.4. The third-order valence-corrected chi connectivity index (χ3v) is 2.90. The fraction of sp³-hybridized carbons (Fsp3) is 0.286. The first-order valence-electron chi connectivity index (χ1n) is 5.90. The van der Waals surface area contributed by atoms with Crippen LogP contribution in [0, 0.1) is 0 Å². The van der Waals surface area contributed by atoms with E-state index >= 15 is 0 Å². The van der Waals surface area contributed by atoms with Crippen molar-refractivity contribution < 1.29 is 19.8 Å². The number of aromatic hydroxyl groups is 1. The molecule has 0 spiro atoms. The number of nitrogens with one attached hydrogen (secondary N) is 1. The van der Waals surface area contributed by atoms with Crippen molar-refractivity contribution in [2.75, 3.05) is 0 Å². The van der Waals surface area contributed by atoms with Crippen molar-refractivity contribution in [3.05, 3.63) is 35.9 Å². The SMILES string of the molecule is CCC(C)(NC(=O)C=Cc1ccc(O)cc1)C(=O)O. The summed E-state index contributed by atoms with van der Waals surface area (Å²) in [5.41, 5.74) is -0.530. The highest BCUT2D eigenvalue weighted by Gasteiger charge is 2.31. The maximum atomic E-state index is 11.7. The molecule has 1 rings (SSSR count). The van der Waals surface area contributed by atoms with E-state index in [4.69, 9.17) is 10.2 Å². The van der Waals surface area contributed by atoms with Gasteiger partial charge in [-0.3, -0.25) is 4.79 Å². The molecule has 19 heavy (non-hydrogen) atoms. The topological polar surface area (TPSA) is 86.6 Å². The van der Waals surface area contributed by atoms with Gasteiger partial charge in [-0.25, -0.2) is 4.79 Å². The number of benzene rings is 1. The lowest BCUT2D eigenvalue weighted by Crippen LogP contribution is -2.51. The zero-order chi connectivity index (χ0) is 14.5. The molecule has 0 heterocycles. The summed E-state index contributed by atoms with van der Waals surface area (Å²) < 4.78 is 0. The molecular weight excluding hydrogens is 246 g/mol. The van der Waals surface area contributed by atoms with Gasteiger partial charge >= 0.3 is 5.97 Å². The number of phenols is 1. The van der Waals surface area contributed by atoms with Crippen LogP contribution in [0.2, 0.25) is 0 Å². The number of carboxylic acids is 1. The Balaban J connectivity index is 2.70. The van der Waals surface area contributed by atoms with Gasteiger partial charge < -0.3 is 15.5 Å². The Hall–Kier alpha value is -2.30. The first-order valence-corrected chi connectivity index (χ1v) is 5.90. The highest BCUT2D eigenvalue weighted by Crippen LogP contribution is 2.12. The number of carboxylic acid groups (broad SMARTS) is 1. The molecule has 1 aromatic rings. The summed E-state index contributed by atoms with van der Waals surface area (Å²) >= 11 is 0. The first-order chi connectivity index (χ1) is 8.87. The average molecular weight is 263 g/mol. The van der Waals surface area contributed by atoms with Crippen molar-refractivity contribution in [2.24, 2.45) is 0 Å². The summed E-state index contributed by atoms with van der Waals surface area (Å²) in [7, 11) is 0. The van der Waals surface area contributed by atoms with Crippen molar-refractivity contribution in [1.82, 2.24) is 5.32 Å². The van der Waals surface area contributed by atoms with Gasteiger partial charge in [0, 0.05) is 6.08 Å². The number of carbonyl (C=O) groups is 2. The molecule has 0 radical (unpaired) electrons. The van der Waals surface area contributed by atoms with Crippen LogP contribution in [-0.2, 0) is 9.59 Å². The second kappa shape index (κ2) is 6.04. The minimum atomic E-state index is -1.27. The molecule has 0 aliphatic heterocycles. The number of amides is 1. The Kier molecular flexibility index (Phi) is 4.69. The molecule has 1 amide bonds. The molecule has 3 N–H and O–H groups in total. The number of aliphatic carboxylic acids is 1. The van der Waals surface area contributed by atoms with E-state index in [2.05, 4.69) is 5.32 Å². The molecule has 1 unspecified atom stereocenters. The van der Waals surface area contributed by atoms with Crippen LogP contribution in [0.15, 0.2) is 30.3 Å². The van der Waals surface area contributed by atoms with E-state index in [-0.39, 0.29) is 5.75 Å². The lowest BCUT2D eigenvalue weighted by Gasteiger charge is -2.23. The van der Waals surface area contributed by atoms with Gasteiger partial charge in [0.1, 0.15) is 11.3 Å². The smallest absolute Gasteiger partial charge is 0.329 e. The van der Waals surface area contributed by atoms with Crippen LogP contribution in [0.5, 0.6) is 5.75 Å². The second-order valence-corrected chi connectivity index (χ2v) is 4.40. The normalized spacial score (nSPS) is 14.0. The quantitative estimate of drug-likeness (QED) is 0.707. The summed E-state index contributed by atoms with van der Waals surface area (Å²) in [6, 6.07) is 6.31. The largest absolute Gasteiger partial charge is 0.508 e. The molecule has 5 heteroatoms. The lowest BCUT2D eigenvalue weighted by atomic mass is 9.99. The van der Waals surface area contributed by atoms with Crippen molar-refractivity contribution in [2.45, 2.75) is 25.8 Å². The fourth-order valence-corrected chi connectivity index (χ4v) is 1.36. The number of phenolic OH excluding ortho intramolecular Hbond substituents is 1. The predicted molar refractivity (Wildman–Crippen MR) is 71.6 cm³/mol. The van der Waals surface area contributed by atoms with Crippen LogP contribution in [0.1, 0.15) is 25.8 Å². The average Bonchev–Trinajstić information content (AvgIpc) is 2.37. The molecule has 0 aromatic heterocycles. The van der Waals surface area contributed by atoms with Crippen LogP contribution >= 0.6 is 0 Å². The third-order valence-electron chi connectivity index (χ3n) is 2.90. The van der Waals surface area contributed by atoms with E-state index in [9.17, 15) is 9.59 Å². The zero-order valence-electron chi connectivity index (χ0n) is 10.9. The van der Waals surface area contributed by atoms with E-state index in [0.29, 0.717) is 6.42 Å². The monoisotopic (exact) mass is 263 g/mol. The van der Waals surface area contributed by atoms with E-state index in [0.717, 1.165) is 5.56 Å². The second-order valence-electron chi connectivity index (χ2n) is 4.40. The Bertz CT molecular complexity index is 493. The molecule has 0 aliphatic rings. The van der Waals surface area contributed by atoms with Crippen molar-refractivity contribution in [3.8, 4) is 5.75 Å². The molecular formula is C14H17NO4. The van der Waals surface area contributed by atoms with Crippen LogP contribution in [-0.4, -0.2) is 27.6 Å². The van der Waals surface area contributed by atoms with Gasteiger partial charge in [-0.15, -0.1) is 0 Å². The molecule has 1 aromatic carbocycles. The third kappa shape index (κ3) is 4.13. The molecule has 102 valence electrons. The molecule has 0 bridgehead atoms. The fourth-order valence-electron chi connectivity index (χ4n) is 1.36. The van der Waals surface area contributed by atoms with Gasteiger partial charge in [-0.2, -0.15) is 0 Å². The molecule has 0 saturated carbocycles. The number of hydrogen-bond acceptors (Lipinski definition) is 3. The Morgan fingerprint density at radius 1 is 1.32 bits per heavy atom.